The minimum atomic E-state index is -4.60. The predicted molar refractivity (Wildman–Crippen MR) is 71.6 cm³/mol. The molecule has 0 spiro atoms. The number of rotatable bonds is 5. The van der Waals surface area contributed by atoms with Crippen LogP contribution in [0.3, 0.4) is 0 Å². The highest BCUT2D eigenvalue weighted by molar-refractivity contribution is 7.80. The smallest absolute Gasteiger partial charge is 0.396 e. The second-order valence-electron chi connectivity index (χ2n) is 5.10. The van der Waals surface area contributed by atoms with E-state index in [-0.39, 0.29) is 18.4 Å². The normalized spacial score (nSPS) is 32.2. The van der Waals surface area contributed by atoms with Gasteiger partial charge in [0, 0.05) is 12.5 Å². The third kappa shape index (κ3) is 7.47. The first kappa shape index (κ1) is 20.7. The summed E-state index contributed by atoms with van der Waals surface area (Å²) in [6, 6.07) is 0. The van der Waals surface area contributed by atoms with Crippen molar-refractivity contribution in [1.29, 1.82) is 0 Å². The van der Waals surface area contributed by atoms with E-state index in [0.717, 1.165) is 0 Å². The molecule has 0 aromatic rings. The van der Waals surface area contributed by atoms with Gasteiger partial charge in [-0.05, 0) is 19.3 Å². The molecule has 21 heavy (non-hydrogen) atoms. The fourth-order valence-electron chi connectivity index (χ4n) is 2.02. The van der Waals surface area contributed by atoms with Crippen molar-refractivity contribution < 1.29 is 42.7 Å². The highest BCUT2D eigenvalue weighted by atomic mass is 32.3. The summed E-state index contributed by atoms with van der Waals surface area (Å²) in [4.78, 5) is 0. The number of hydrogen-bond acceptors (Lipinski definition) is 8. The molecule has 6 atom stereocenters. The van der Waals surface area contributed by atoms with Crippen molar-refractivity contribution in [2.24, 2.45) is 11.8 Å². The average molecular weight is 332 g/mol. The molecule has 1 fully saturated rings. The standard InChI is InChI=1S/C7H14O3.C4H10O6S/c1-4-2-6(9)7(10)5(4)3-8;1-3(6)4(2-5)10-11(7,8)9/h4-10H,2-3H2,1H3;3-6H,2H2,1H3,(H,7,8,9)/t4-,5+,6-,7-;3-,4+/m11/s1. The van der Waals surface area contributed by atoms with Gasteiger partial charge >= 0.3 is 10.4 Å². The van der Waals surface area contributed by atoms with Gasteiger partial charge in [-0.25, -0.2) is 4.18 Å². The monoisotopic (exact) mass is 332 g/mol. The summed E-state index contributed by atoms with van der Waals surface area (Å²) in [5.41, 5.74) is 0. The molecule has 9 nitrogen and oxygen atoms in total. The highest BCUT2D eigenvalue weighted by Gasteiger charge is 2.38. The maximum atomic E-state index is 10.0. The topological polar surface area (TPSA) is 165 Å². The van der Waals surface area contributed by atoms with Crippen LogP contribution in [0.2, 0.25) is 0 Å². The first-order chi connectivity index (χ1) is 9.53. The van der Waals surface area contributed by atoms with Gasteiger partial charge in [-0.15, -0.1) is 0 Å². The number of hydrogen-bond donors (Lipinski definition) is 6. The second-order valence-corrected chi connectivity index (χ2v) is 6.15. The number of aliphatic hydroxyl groups is 5. The second kappa shape index (κ2) is 8.96. The third-order valence-electron chi connectivity index (χ3n) is 3.35. The first-order valence-corrected chi connectivity index (χ1v) is 7.81. The Hall–Kier alpha value is -0.330. The number of aliphatic hydroxyl groups excluding tert-OH is 5. The van der Waals surface area contributed by atoms with Crippen LogP contribution in [0, 0.1) is 11.8 Å². The SMILES string of the molecule is C[C@@H](O)[C@H](CO)OS(=O)(=O)O.C[C@@H]1C[C@@H](O)[C@H](O)[C@H]1CO. The van der Waals surface area contributed by atoms with Gasteiger partial charge < -0.3 is 25.5 Å². The Balaban J connectivity index is 0.000000382. The van der Waals surface area contributed by atoms with Gasteiger partial charge in [0.2, 0.25) is 0 Å². The van der Waals surface area contributed by atoms with Gasteiger partial charge in [-0.3, -0.25) is 4.55 Å². The zero-order valence-electron chi connectivity index (χ0n) is 11.9. The summed E-state index contributed by atoms with van der Waals surface area (Å²) >= 11 is 0. The molecule has 128 valence electrons. The lowest BCUT2D eigenvalue weighted by molar-refractivity contribution is 0.00401. The summed E-state index contributed by atoms with van der Waals surface area (Å²) in [5, 5.41) is 44.2. The lowest BCUT2D eigenvalue weighted by Gasteiger charge is -2.15. The van der Waals surface area contributed by atoms with E-state index in [2.05, 4.69) is 4.18 Å². The molecule has 0 aromatic carbocycles. The maximum Gasteiger partial charge on any atom is 0.397 e. The van der Waals surface area contributed by atoms with Crippen LogP contribution in [0.5, 0.6) is 0 Å². The van der Waals surface area contributed by atoms with E-state index >= 15 is 0 Å². The van der Waals surface area contributed by atoms with Gasteiger partial charge in [-0.1, -0.05) is 6.92 Å². The Morgan fingerprint density at radius 2 is 1.81 bits per heavy atom. The van der Waals surface area contributed by atoms with E-state index in [1.807, 2.05) is 6.92 Å². The van der Waals surface area contributed by atoms with Crippen molar-refractivity contribution in [3.8, 4) is 0 Å². The van der Waals surface area contributed by atoms with E-state index in [9.17, 15) is 13.5 Å². The molecule has 0 radical (unpaired) electrons. The van der Waals surface area contributed by atoms with Crippen molar-refractivity contribution in [2.45, 2.75) is 44.7 Å². The van der Waals surface area contributed by atoms with Crippen LogP contribution in [0.4, 0.5) is 0 Å². The molecule has 1 saturated carbocycles. The van der Waals surface area contributed by atoms with Crippen LogP contribution in [-0.2, 0) is 14.6 Å². The van der Waals surface area contributed by atoms with Gasteiger partial charge in [0.25, 0.3) is 0 Å². The van der Waals surface area contributed by atoms with E-state index in [1.54, 1.807) is 0 Å². The predicted octanol–water partition coefficient (Wildman–Crippen LogP) is -2.10. The van der Waals surface area contributed by atoms with Crippen molar-refractivity contribution in [3.63, 3.8) is 0 Å². The summed E-state index contributed by atoms with van der Waals surface area (Å²) in [6.07, 6.45) is -3.23. The minimum Gasteiger partial charge on any atom is -0.396 e. The molecule has 0 heterocycles. The van der Waals surface area contributed by atoms with E-state index in [0.29, 0.717) is 6.42 Å². The van der Waals surface area contributed by atoms with E-state index in [1.165, 1.54) is 6.92 Å². The van der Waals surface area contributed by atoms with Crippen molar-refractivity contribution in [3.05, 3.63) is 0 Å². The van der Waals surface area contributed by atoms with Crippen LogP contribution in [0.25, 0.3) is 0 Å². The van der Waals surface area contributed by atoms with Crippen LogP contribution in [0.1, 0.15) is 20.3 Å². The lowest BCUT2D eigenvalue weighted by atomic mass is 9.98. The lowest BCUT2D eigenvalue weighted by Crippen LogP contribution is -2.32. The summed E-state index contributed by atoms with van der Waals surface area (Å²) < 4.78 is 32.0. The maximum absolute atomic E-state index is 10.0. The van der Waals surface area contributed by atoms with Crippen molar-refractivity contribution in [2.75, 3.05) is 13.2 Å². The molecular weight excluding hydrogens is 308 g/mol. The van der Waals surface area contributed by atoms with Crippen LogP contribution in [0.15, 0.2) is 0 Å². The zero-order chi connectivity index (χ0) is 16.8. The Bertz CT molecular complexity index is 383. The highest BCUT2D eigenvalue weighted by Crippen LogP contribution is 2.31. The van der Waals surface area contributed by atoms with E-state index in [4.69, 9.17) is 25.0 Å². The van der Waals surface area contributed by atoms with Gasteiger partial charge in [0.15, 0.2) is 0 Å². The Labute approximate surface area is 123 Å². The van der Waals surface area contributed by atoms with Crippen molar-refractivity contribution >= 4 is 10.4 Å². The van der Waals surface area contributed by atoms with Crippen molar-refractivity contribution in [1.82, 2.24) is 0 Å². The van der Waals surface area contributed by atoms with Gasteiger partial charge in [0.05, 0.1) is 24.9 Å². The first-order valence-electron chi connectivity index (χ1n) is 6.45. The average Bonchev–Trinajstić information content (AvgIpc) is 2.59. The Morgan fingerprint density at radius 3 is 1.95 bits per heavy atom. The molecule has 0 amide bonds. The molecule has 1 aliphatic rings. The third-order valence-corrected chi connectivity index (χ3v) is 3.84. The molecule has 0 aliphatic heterocycles. The molecule has 0 bridgehead atoms. The zero-order valence-corrected chi connectivity index (χ0v) is 12.7. The van der Waals surface area contributed by atoms with Crippen LogP contribution in [-0.4, -0.2) is 76.1 Å². The molecule has 1 rings (SSSR count). The Kier molecular flexibility index (Phi) is 8.81. The fraction of sp³-hybridized carbons (Fsp3) is 1.00. The Morgan fingerprint density at radius 1 is 1.29 bits per heavy atom. The molecule has 1 aliphatic carbocycles. The summed E-state index contributed by atoms with van der Waals surface area (Å²) in [5.74, 6) is 0.102. The molecule has 0 unspecified atom stereocenters. The molecular formula is C11H24O9S. The molecule has 0 saturated heterocycles. The van der Waals surface area contributed by atoms with Crippen LogP contribution < -0.4 is 0 Å². The molecule has 10 heteroatoms. The molecule has 6 N–H and O–H groups in total. The minimum absolute atomic E-state index is 0.0284. The molecule has 0 aromatic heterocycles. The van der Waals surface area contributed by atoms with Crippen LogP contribution >= 0.6 is 0 Å². The summed E-state index contributed by atoms with van der Waals surface area (Å²) in [6.45, 7) is 2.45. The largest absolute Gasteiger partial charge is 0.397 e. The fourth-order valence-corrected chi connectivity index (χ4v) is 2.56. The summed E-state index contributed by atoms with van der Waals surface area (Å²) in [7, 11) is -4.60. The van der Waals surface area contributed by atoms with Gasteiger partial charge in [0.1, 0.15) is 6.10 Å². The van der Waals surface area contributed by atoms with E-state index < -0.39 is 41.4 Å². The quantitative estimate of drug-likeness (QED) is 0.309. The van der Waals surface area contributed by atoms with Gasteiger partial charge in [-0.2, -0.15) is 8.42 Å².